The lowest BCUT2D eigenvalue weighted by Crippen LogP contribution is -2.71. The zero-order chi connectivity index (χ0) is 39.5. The molecule has 0 aliphatic carbocycles. The number of thiazole rings is 1. The molecule has 1 aromatic heterocycles. The van der Waals surface area contributed by atoms with Crippen LogP contribution in [0.15, 0.2) is 124 Å². The van der Waals surface area contributed by atoms with Crippen LogP contribution in [0.4, 0.5) is 5.13 Å². The van der Waals surface area contributed by atoms with E-state index in [1.807, 2.05) is 95.9 Å². The number of benzene rings is 3. The van der Waals surface area contributed by atoms with Crippen LogP contribution in [0, 0.1) is 5.92 Å². The minimum Gasteiger partial charge on any atom is -0.477 e. The van der Waals surface area contributed by atoms with Gasteiger partial charge in [-0.3, -0.25) is 19.3 Å². The first-order valence-corrected chi connectivity index (χ1v) is 20.7. The molecule has 4 aliphatic heterocycles. The molecule has 4 aliphatic rings. The Morgan fingerprint density at radius 3 is 2.10 bits per heavy atom. The van der Waals surface area contributed by atoms with Gasteiger partial charge in [0.15, 0.2) is 10.8 Å². The number of rotatable bonds is 12. The number of allylic oxidation sites excluding steroid dienone is 1. The number of thioether (sulfide) groups is 1. The molecule has 2 atom stereocenters. The van der Waals surface area contributed by atoms with E-state index in [0.717, 1.165) is 54.0 Å². The number of carboxylic acid groups (broad SMARTS) is 1. The number of nitrogens with one attached hydrogen (secondary N) is 2. The third-order valence-electron chi connectivity index (χ3n) is 10.8. The van der Waals surface area contributed by atoms with E-state index < -0.39 is 34.8 Å². The topological polar surface area (TPSA) is 180 Å². The highest BCUT2D eigenvalue weighted by Crippen LogP contribution is 2.43. The Labute approximate surface area is 362 Å². The molecular weight excluding hydrogens is 834 g/mol. The quantitative estimate of drug-likeness (QED) is 0.0488. The normalized spacial score (nSPS) is 20.3. The number of hydrogen-bond acceptors (Lipinski definition) is 11. The monoisotopic (exact) mass is 875 g/mol. The number of likely N-dealkylation sites (tertiary alicyclic amines) is 1. The van der Waals surface area contributed by atoms with Gasteiger partial charge in [-0.1, -0.05) is 96.2 Å². The highest BCUT2D eigenvalue weighted by atomic mass is 35.5. The maximum Gasteiger partial charge on any atom is 0.352 e. The number of hydrogen-bond donors (Lipinski definition) is 4. The molecular formula is C42H43Cl2N7O6S2. The van der Waals surface area contributed by atoms with Crippen molar-refractivity contribution in [3.05, 3.63) is 142 Å². The number of nitrogens with two attached hydrogens (primary N) is 1. The molecule has 17 heteroatoms. The van der Waals surface area contributed by atoms with Crippen LogP contribution >= 0.6 is 47.9 Å². The van der Waals surface area contributed by atoms with E-state index in [-0.39, 0.29) is 58.7 Å². The Kier molecular flexibility index (Phi) is 13.8. The molecule has 0 saturated carbocycles. The maximum absolute atomic E-state index is 14.3. The highest BCUT2D eigenvalue weighted by molar-refractivity contribution is 8.00. The summed E-state index contributed by atoms with van der Waals surface area (Å²) in [5.41, 5.74) is 7.63. The van der Waals surface area contributed by atoms with Crippen molar-refractivity contribution in [3.8, 4) is 0 Å². The van der Waals surface area contributed by atoms with E-state index in [1.165, 1.54) is 16.7 Å². The standard InChI is InChI=1S/C42H41N7O6S2.2ClH/c43-41-45-32(25-57-41)33(47-55-42(29-10-4-1-5-11-29,30-12-6-2-7-13-30)31-14-8-3-9-15-31)36(50)46-34-38(52)49-35(40(53)54)28(24-56-39(34)49)22-27-18-21-48(37(27)51)23-26-16-19-44-20-17-26;;/h1-15,22,25-26,34,39,44H,16-21,23-24H2,(H2,43,45)(H,46,50)(H,53,54);2*1H/b27-22+,47-33-;;/t34-,39-;;/m1../s1. The number of piperidine rings is 1. The molecule has 308 valence electrons. The van der Waals surface area contributed by atoms with E-state index >= 15 is 0 Å². The number of oxime groups is 1. The third kappa shape index (κ3) is 8.61. The van der Waals surface area contributed by atoms with Crippen molar-refractivity contribution in [2.75, 3.05) is 37.7 Å². The van der Waals surface area contributed by atoms with Crippen LogP contribution in [0.3, 0.4) is 0 Å². The molecule has 8 rings (SSSR count). The number of fused-ring (bicyclic) bond motifs is 1. The van der Waals surface area contributed by atoms with E-state index in [9.17, 15) is 24.3 Å². The lowest BCUT2D eigenvalue weighted by molar-refractivity contribution is -0.150. The lowest BCUT2D eigenvalue weighted by Gasteiger charge is -2.49. The molecule has 5 N–H and O–H groups in total. The number of amides is 3. The minimum absolute atomic E-state index is 0. The van der Waals surface area contributed by atoms with Gasteiger partial charge in [0, 0.05) is 46.5 Å². The van der Waals surface area contributed by atoms with E-state index in [0.29, 0.717) is 36.6 Å². The number of nitrogen functional groups attached to an aromatic ring is 1. The number of aliphatic carboxylic acids is 1. The molecule has 59 heavy (non-hydrogen) atoms. The minimum atomic E-state index is -1.31. The van der Waals surface area contributed by atoms with Gasteiger partial charge in [-0.2, -0.15) is 0 Å². The SMILES string of the molecule is Cl.Cl.Nc1nc(/C(=N/OC(c2ccccc2)(c2ccccc2)c2ccccc2)C(=O)N[C@@H]2C(=O)N3C(C(=O)O)=C(/C=C4\CCN(CC5CCNCC5)C4=O)CS[C@H]23)cs1. The van der Waals surface area contributed by atoms with E-state index in [4.69, 9.17) is 10.6 Å². The van der Waals surface area contributed by atoms with Crippen molar-refractivity contribution < 1.29 is 29.1 Å². The van der Waals surface area contributed by atoms with Gasteiger partial charge in [-0.15, -0.1) is 47.9 Å². The zero-order valence-corrected chi connectivity index (χ0v) is 35.0. The second-order valence-electron chi connectivity index (χ2n) is 14.3. The molecule has 0 bridgehead atoms. The van der Waals surface area contributed by atoms with Gasteiger partial charge in [-0.25, -0.2) is 9.78 Å². The first-order chi connectivity index (χ1) is 27.7. The second-order valence-corrected chi connectivity index (χ2v) is 16.3. The van der Waals surface area contributed by atoms with Gasteiger partial charge in [0.2, 0.25) is 11.5 Å². The number of nitrogens with zero attached hydrogens (tertiary/aromatic N) is 4. The first kappa shape index (κ1) is 43.4. The van der Waals surface area contributed by atoms with Crippen molar-refractivity contribution in [1.82, 2.24) is 25.4 Å². The Balaban J connectivity index is 0.00000293. The summed E-state index contributed by atoms with van der Waals surface area (Å²) in [7, 11) is 0. The fraction of sp³-hybridized carbons (Fsp3) is 0.286. The first-order valence-electron chi connectivity index (χ1n) is 18.8. The van der Waals surface area contributed by atoms with Crippen LogP contribution < -0.4 is 16.4 Å². The average molecular weight is 877 g/mol. The summed E-state index contributed by atoms with van der Waals surface area (Å²) in [6, 6.07) is 27.5. The molecule has 3 amide bonds. The van der Waals surface area contributed by atoms with Gasteiger partial charge in [0.1, 0.15) is 22.8 Å². The van der Waals surface area contributed by atoms with Crippen molar-refractivity contribution in [1.29, 1.82) is 0 Å². The Hall–Kier alpha value is -5.19. The number of halogens is 2. The lowest BCUT2D eigenvalue weighted by atomic mass is 9.80. The molecule has 3 saturated heterocycles. The summed E-state index contributed by atoms with van der Waals surface area (Å²) in [6.07, 6.45) is 4.17. The Morgan fingerprint density at radius 2 is 1.56 bits per heavy atom. The summed E-state index contributed by atoms with van der Waals surface area (Å²) in [6.45, 7) is 3.14. The molecule has 13 nitrogen and oxygen atoms in total. The van der Waals surface area contributed by atoms with Crippen LogP contribution in [-0.4, -0.2) is 92.6 Å². The van der Waals surface area contributed by atoms with Gasteiger partial charge >= 0.3 is 5.97 Å². The van der Waals surface area contributed by atoms with Crippen LogP contribution in [0.2, 0.25) is 0 Å². The predicted octanol–water partition coefficient (Wildman–Crippen LogP) is 5.18. The van der Waals surface area contributed by atoms with E-state index in [2.05, 4.69) is 20.8 Å². The number of carbonyl (C=O) groups is 4. The van der Waals surface area contributed by atoms with Gasteiger partial charge < -0.3 is 31.2 Å². The van der Waals surface area contributed by atoms with Crippen molar-refractivity contribution in [3.63, 3.8) is 0 Å². The number of carbonyl (C=O) groups excluding carboxylic acids is 3. The highest BCUT2D eigenvalue weighted by Gasteiger charge is 2.54. The summed E-state index contributed by atoms with van der Waals surface area (Å²) < 4.78 is 0. The fourth-order valence-electron chi connectivity index (χ4n) is 7.92. The molecule has 5 heterocycles. The molecule has 4 aromatic rings. The van der Waals surface area contributed by atoms with Gasteiger partial charge in [0.05, 0.1) is 0 Å². The summed E-state index contributed by atoms with van der Waals surface area (Å²) in [5, 5.41) is 22.1. The van der Waals surface area contributed by atoms with Crippen LogP contribution in [0.5, 0.6) is 0 Å². The number of β-lactam (4-membered cyclic amide) rings is 1. The van der Waals surface area contributed by atoms with Crippen LogP contribution in [-0.2, 0) is 29.6 Å². The molecule has 0 spiro atoms. The summed E-state index contributed by atoms with van der Waals surface area (Å²) in [4.78, 5) is 68.1. The molecule has 0 unspecified atom stereocenters. The van der Waals surface area contributed by atoms with Gasteiger partial charge in [-0.05, 0) is 49.9 Å². The largest absolute Gasteiger partial charge is 0.477 e. The van der Waals surface area contributed by atoms with Crippen LogP contribution in [0.25, 0.3) is 0 Å². The predicted molar refractivity (Wildman–Crippen MR) is 232 cm³/mol. The summed E-state index contributed by atoms with van der Waals surface area (Å²) in [5.74, 6) is -2.05. The molecule has 3 aromatic carbocycles. The number of aromatic nitrogens is 1. The zero-order valence-electron chi connectivity index (χ0n) is 31.7. The maximum atomic E-state index is 14.3. The second kappa shape index (κ2) is 18.8. The molecule has 0 radical (unpaired) electrons. The average Bonchev–Trinajstić information content (AvgIpc) is 3.83. The van der Waals surface area contributed by atoms with Gasteiger partial charge in [0.25, 0.3) is 11.8 Å². The van der Waals surface area contributed by atoms with Crippen LogP contribution in [0.1, 0.15) is 41.6 Å². The number of anilines is 1. The van der Waals surface area contributed by atoms with Crippen molar-refractivity contribution >= 4 is 82.4 Å². The van der Waals surface area contributed by atoms with Crippen molar-refractivity contribution in [2.24, 2.45) is 11.1 Å². The Morgan fingerprint density at radius 1 is 0.966 bits per heavy atom. The fourth-order valence-corrected chi connectivity index (χ4v) is 9.77. The third-order valence-corrected chi connectivity index (χ3v) is 12.8. The molecule has 3 fully saturated rings. The van der Waals surface area contributed by atoms with E-state index in [1.54, 1.807) is 11.5 Å². The Bertz CT molecular complexity index is 2170. The summed E-state index contributed by atoms with van der Waals surface area (Å²) >= 11 is 2.44. The van der Waals surface area contributed by atoms with Crippen molar-refractivity contribution in [2.45, 2.75) is 36.3 Å². The number of carboxylic acids is 1. The smallest absolute Gasteiger partial charge is 0.352 e.